The summed E-state index contributed by atoms with van der Waals surface area (Å²) in [6.45, 7) is 3.94. The van der Waals surface area contributed by atoms with Gasteiger partial charge in [0.2, 0.25) is 5.91 Å². The summed E-state index contributed by atoms with van der Waals surface area (Å²) in [5.74, 6) is -0.391. The second-order valence-electron chi connectivity index (χ2n) is 8.36. The van der Waals surface area contributed by atoms with Crippen LogP contribution in [0, 0.1) is 12.7 Å². The number of carbonyl (C=O) groups is 1. The van der Waals surface area contributed by atoms with Gasteiger partial charge in [-0.2, -0.15) is 0 Å². The number of likely N-dealkylation sites (N-methyl/N-ethyl adjacent to an activating group) is 1. The van der Waals surface area contributed by atoms with Gasteiger partial charge in [-0.05, 0) is 63.7 Å². The Morgan fingerprint density at radius 2 is 2.10 bits per heavy atom. The van der Waals surface area contributed by atoms with E-state index < -0.39 is 6.04 Å². The first-order valence-electron chi connectivity index (χ1n) is 10.3. The maximum Gasteiger partial charge on any atom is 0.247 e. The third-order valence-corrected chi connectivity index (χ3v) is 6.11. The monoisotopic (exact) mass is 396 g/mol. The molecule has 2 N–H and O–H groups in total. The summed E-state index contributed by atoms with van der Waals surface area (Å²) in [6.07, 6.45) is 2.74. The van der Waals surface area contributed by atoms with Crippen molar-refractivity contribution in [1.29, 1.82) is 0 Å². The van der Waals surface area contributed by atoms with Crippen LogP contribution in [0.2, 0.25) is 0 Å². The molecule has 2 atom stereocenters. The predicted octanol–water partition coefficient (Wildman–Crippen LogP) is 3.64. The summed E-state index contributed by atoms with van der Waals surface area (Å²) in [5, 5.41) is 6.20. The first kappa shape index (κ1) is 19.7. The molecule has 154 valence electrons. The summed E-state index contributed by atoms with van der Waals surface area (Å²) >= 11 is 0. The number of fused-ring (bicyclic) bond motifs is 1. The van der Waals surface area contributed by atoms with E-state index in [4.69, 9.17) is 0 Å². The van der Waals surface area contributed by atoms with E-state index >= 15 is 0 Å². The topological polar surface area (TPSA) is 47.6 Å². The van der Waals surface area contributed by atoms with Gasteiger partial charge in [-0.1, -0.05) is 12.1 Å². The van der Waals surface area contributed by atoms with Crippen molar-refractivity contribution < 1.29 is 9.18 Å². The average molecular weight is 397 g/mol. The highest BCUT2D eigenvalue weighted by atomic mass is 19.1. The van der Waals surface area contributed by atoms with Gasteiger partial charge in [-0.3, -0.25) is 4.79 Å². The highest BCUT2D eigenvalue weighted by Crippen LogP contribution is 2.32. The molecule has 6 heteroatoms. The van der Waals surface area contributed by atoms with Crippen molar-refractivity contribution in [2.24, 2.45) is 0 Å². The minimum Gasteiger partial charge on any atom is -0.373 e. The molecule has 29 heavy (non-hydrogen) atoms. The van der Waals surface area contributed by atoms with Crippen molar-refractivity contribution >= 4 is 23.0 Å². The van der Waals surface area contributed by atoms with E-state index in [-0.39, 0.29) is 11.7 Å². The molecule has 0 bridgehead atoms. The van der Waals surface area contributed by atoms with Gasteiger partial charge in [0.05, 0.1) is 0 Å². The largest absolute Gasteiger partial charge is 0.373 e. The molecule has 0 saturated carbocycles. The van der Waals surface area contributed by atoms with Crippen molar-refractivity contribution in [3.8, 4) is 0 Å². The standard InChI is InChI=1S/C23H29FN4O/c1-15-9-10-20(24)19-13-21(26-22(15)19)23(29)25-16-6-4-7-17(12-16)28-11-5-8-18(14-28)27(2)3/h4,6-7,9-10,12,18,21,26H,5,8,11,13-14H2,1-3H3,(H,25,29). The quantitative estimate of drug-likeness (QED) is 0.828. The zero-order valence-electron chi connectivity index (χ0n) is 17.3. The number of nitrogens with one attached hydrogen (secondary N) is 2. The van der Waals surface area contributed by atoms with Crippen LogP contribution in [0.25, 0.3) is 0 Å². The highest BCUT2D eigenvalue weighted by molar-refractivity contribution is 5.98. The Hall–Kier alpha value is -2.60. The lowest BCUT2D eigenvalue weighted by molar-refractivity contribution is -0.116. The first-order valence-corrected chi connectivity index (χ1v) is 10.3. The van der Waals surface area contributed by atoms with E-state index in [0.717, 1.165) is 42.1 Å². The average Bonchev–Trinajstić information content (AvgIpc) is 3.18. The van der Waals surface area contributed by atoms with Crippen LogP contribution in [-0.2, 0) is 11.2 Å². The van der Waals surface area contributed by atoms with E-state index in [1.165, 1.54) is 12.5 Å². The number of halogens is 1. The molecule has 1 fully saturated rings. The van der Waals surface area contributed by atoms with Crippen LogP contribution in [-0.4, -0.2) is 50.1 Å². The molecule has 4 rings (SSSR count). The minimum absolute atomic E-state index is 0.137. The zero-order valence-corrected chi connectivity index (χ0v) is 17.3. The molecule has 0 radical (unpaired) electrons. The normalized spacial score (nSPS) is 21.1. The van der Waals surface area contributed by atoms with Crippen molar-refractivity contribution in [1.82, 2.24) is 4.90 Å². The Morgan fingerprint density at radius 3 is 2.86 bits per heavy atom. The molecule has 0 aromatic heterocycles. The second kappa shape index (κ2) is 8.03. The van der Waals surface area contributed by atoms with Gasteiger partial charge >= 0.3 is 0 Å². The van der Waals surface area contributed by atoms with Crippen LogP contribution in [0.5, 0.6) is 0 Å². The minimum atomic E-state index is -0.461. The van der Waals surface area contributed by atoms with Crippen molar-refractivity contribution in [2.45, 2.75) is 38.3 Å². The van der Waals surface area contributed by atoms with E-state index in [1.54, 1.807) is 6.07 Å². The molecule has 2 heterocycles. The number of carbonyl (C=O) groups excluding carboxylic acids is 1. The highest BCUT2D eigenvalue weighted by Gasteiger charge is 2.30. The van der Waals surface area contributed by atoms with Crippen molar-refractivity contribution in [3.63, 3.8) is 0 Å². The molecule has 1 amide bonds. The van der Waals surface area contributed by atoms with E-state index in [1.807, 2.05) is 25.1 Å². The maximum absolute atomic E-state index is 14.1. The number of anilines is 3. The SMILES string of the molecule is Cc1ccc(F)c2c1NC(C(=O)Nc1cccc(N3CCCC(N(C)C)C3)c1)C2. The van der Waals surface area contributed by atoms with Gasteiger partial charge in [-0.15, -0.1) is 0 Å². The Balaban J connectivity index is 1.44. The summed E-state index contributed by atoms with van der Waals surface area (Å²) in [6, 6.07) is 11.3. The zero-order chi connectivity index (χ0) is 20.5. The molecule has 2 aromatic carbocycles. The molecule has 2 aliphatic heterocycles. The van der Waals surface area contributed by atoms with E-state index in [2.05, 4.69) is 40.6 Å². The first-order chi connectivity index (χ1) is 13.9. The van der Waals surface area contributed by atoms with Gasteiger partial charge in [0, 0.05) is 48.2 Å². The lowest BCUT2D eigenvalue weighted by atomic mass is 10.0. The van der Waals surface area contributed by atoms with Gasteiger partial charge in [-0.25, -0.2) is 4.39 Å². The summed E-state index contributed by atoms with van der Waals surface area (Å²) in [4.78, 5) is 17.5. The van der Waals surface area contributed by atoms with Gasteiger partial charge < -0.3 is 20.4 Å². The smallest absolute Gasteiger partial charge is 0.247 e. The number of amides is 1. The molecular weight excluding hydrogens is 367 g/mol. The van der Waals surface area contributed by atoms with Crippen LogP contribution in [0.3, 0.4) is 0 Å². The number of piperidine rings is 1. The molecule has 2 unspecified atom stereocenters. The van der Waals surface area contributed by atoms with Gasteiger partial charge in [0.1, 0.15) is 11.9 Å². The Labute approximate surface area is 171 Å². The Kier molecular flexibility index (Phi) is 5.46. The predicted molar refractivity (Wildman–Crippen MR) is 116 cm³/mol. The fraction of sp³-hybridized carbons (Fsp3) is 0.435. The summed E-state index contributed by atoms with van der Waals surface area (Å²) in [7, 11) is 4.25. The lowest BCUT2D eigenvalue weighted by Gasteiger charge is -2.37. The third-order valence-electron chi connectivity index (χ3n) is 6.11. The van der Waals surface area contributed by atoms with Crippen LogP contribution in [0.4, 0.5) is 21.5 Å². The molecule has 2 aliphatic rings. The second-order valence-corrected chi connectivity index (χ2v) is 8.36. The van der Waals surface area contributed by atoms with Crippen molar-refractivity contribution in [2.75, 3.05) is 42.7 Å². The number of hydrogen-bond acceptors (Lipinski definition) is 4. The fourth-order valence-electron chi connectivity index (χ4n) is 4.35. The number of aryl methyl sites for hydroxylation is 1. The summed E-state index contributed by atoms with van der Waals surface area (Å²) < 4.78 is 14.1. The molecule has 2 aromatic rings. The third kappa shape index (κ3) is 4.08. The van der Waals surface area contributed by atoms with Crippen molar-refractivity contribution in [3.05, 3.63) is 53.3 Å². The van der Waals surface area contributed by atoms with Crippen LogP contribution >= 0.6 is 0 Å². The Morgan fingerprint density at radius 1 is 1.28 bits per heavy atom. The van der Waals surface area contributed by atoms with Gasteiger partial charge in [0.25, 0.3) is 0 Å². The Bertz CT molecular complexity index is 883. The summed E-state index contributed by atoms with van der Waals surface area (Å²) in [5.41, 5.74) is 4.21. The lowest BCUT2D eigenvalue weighted by Crippen LogP contribution is -2.45. The maximum atomic E-state index is 14.1. The molecule has 1 saturated heterocycles. The molecule has 0 spiro atoms. The van der Waals surface area contributed by atoms with E-state index in [9.17, 15) is 9.18 Å². The fourth-order valence-corrected chi connectivity index (χ4v) is 4.35. The molecular formula is C23H29FN4O. The van der Waals surface area contributed by atoms with Crippen LogP contribution in [0.1, 0.15) is 24.0 Å². The molecule has 5 nitrogen and oxygen atoms in total. The molecule has 0 aliphatic carbocycles. The number of hydrogen-bond donors (Lipinski definition) is 2. The number of rotatable bonds is 4. The van der Waals surface area contributed by atoms with Crippen LogP contribution in [0.15, 0.2) is 36.4 Å². The number of nitrogens with zero attached hydrogens (tertiary/aromatic N) is 2. The van der Waals surface area contributed by atoms with E-state index in [0.29, 0.717) is 18.0 Å². The number of benzene rings is 2. The van der Waals surface area contributed by atoms with Crippen LogP contribution < -0.4 is 15.5 Å². The van der Waals surface area contributed by atoms with Gasteiger partial charge in [0.15, 0.2) is 0 Å².